The number of benzene rings is 1. The summed E-state index contributed by atoms with van der Waals surface area (Å²) in [5.74, 6) is 0. The molecule has 0 saturated carbocycles. The number of sulfonamides is 1. The zero-order valence-corrected chi connectivity index (χ0v) is 15.5. The number of alkyl halides is 3. The molecule has 0 aliphatic heterocycles. The highest BCUT2D eigenvalue weighted by molar-refractivity contribution is 7.89. The normalized spacial score (nSPS) is 12.0. The highest BCUT2D eigenvalue weighted by Crippen LogP contribution is 2.28. The summed E-state index contributed by atoms with van der Waals surface area (Å²) in [6, 6.07) is 5.72. The number of primary sulfonamides is 1. The molecule has 0 atom stereocenters. The van der Waals surface area contributed by atoms with E-state index in [4.69, 9.17) is 44.7 Å². The fourth-order valence-corrected chi connectivity index (χ4v) is 2.86. The number of ether oxygens (including phenoxy) is 1. The lowest BCUT2D eigenvalue weighted by atomic mass is 10.2. The van der Waals surface area contributed by atoms with Gasteiger partial charge in [0, 0.05) is 5.56 Å². The Labute approximate surface area is 155 Å². The zero-order valence-electron chi connectivity index (χ0n) is 11.6. The number of hydrogen-bond donors (Lipinski definition) is 2. The minimum Gasteiger partial charge on any atom is -0.445 e. The number of anilines is 1. The second-order valence-electron chi connectivity index (χ2n) is 4.30. The number of hydrogen-bond acceptors (Lipinski definition) is 7. The highest BCUT2D eigenvalue weighted by atomic mass is 35.6. The maximum Gasteiger partial charge on any atom is 0.413 e. The average Bonchev–Trinajstić information content (AvgIpc) is 2.92. The van der Waals surface area contributed by atoms with Crippen LogP contribution in [0.15, 0.2) is 29.2 Å². The highest BCUT2D eigenvalue weighted by Gasteiger charge is 2.22. The van der Waals surface area contributed by atoms with Crippen molar-refractivity contribution in [2.24, 2.45) is 5.14 Å². The van der Waals surface area contributed by atoms with E-state index in [9.17, 15) is 13.2 Å². The van der Waals surface area contributed by atoms with Gasteiger partial charge in [-0.25, -0.2) is 18.4 Å². The molecule has 1 heterocycles. The van der Waals surface area contributed by atoms with E-state index >= 15 is 0 Å². The van der Waals surface area contributed by atoms with Crippen LogP contribution >= 0.6 is 46.1 Å². The van der Waals surface area contributed by atoms with Crippen molar-refractivity contribution >= 4 is 67.4 Å². The van der Waals surface area contributed by atoms with Crippen LogP contribution in [-0.4, -0.2) is 35.1 Å². The first kappa shape index (κ1) is 19.2. The standard InChI is InChI=1S/C11H9Cl3N4O4S2/c12-11(13,14)5-22-10(19)16-9-18-17-8(23-9)6-1-3-7(4-2-6)24(15,20)21/h1-4H,5H2,(H2,15,20,21)(H,16,18,19). The van der Waals surface area contributed by atoms with E-state index in [1.54, 1.807) is 0 Å². The minimum atomic E-state index is -3.77. The molecule has 8 nitrogen and oxygen atoms in total. The fraction of sp³-hybridized carbons (Fsp3) is 0.182. The Hall–Kier alpha value is -1.17. The average molecular weight is 432 g/mol. The van der Waals surface area contributed by atoms with Gasteiger partial charge in [-0.2, -0.15) is 0 Å². The van der Waals surface area contributed by atoms with Crippen molar-refractivity contribution in [1.82, 2.24) is 10.2 Å². The molecule has 13 heteroatoms. The van der Waals surface area contributed by atoms with Gasteiger partial charge in [-0.05, 0) is 12.1 Å². The van der Waals surface area contributed by atoms with E-state index < -0.39 is 26.5 Å². The molecule has 0 spiro atoms. The van der Waals surface area contributed by atoms with Crippen molar-refractivity contribution in [1.29, 1.82) is 0 Å². The minimum absolute atomic E-state index is 0.0237. The van der Waals surface area contributed by atoms with Crippen LogP contribution in [0.5, 0.6) is 0 Å². The van der Waals surface area contributed by atoms with Crippen LogP contribution in [0.3, 0.4) is 0 Å². The lowest BCUT2D eigenvalue weighted by molar-refractivity contribution is 0.164. The monoisotopic (exact) mass is 430 g/mol. The van der Waals surface area contributed by atoms with Gasteiger partial charge in [0.05, 0.1) is 4.90 Å². The van der Waals surface area contributed by atoms with Crippen LogP contribution in [0.2, 0.25) is 0 Å². The predicted molar refractivity (Wildman–Crippen MR) is 92.0 cm³/mol. The van der Waals surface area contributed by atoms with Crippen molar-refractivity contribution < 1.29 is 17.9 Å². The second kappa shape index (κ2) is 7.38. The summed E-state index contributed by atoms with van der Waals surface area (Å²) < 4.78 is 25.4. The summed E-state index contributed by atoms with van der Waals surface area (Å²) in [5, 5.41) is 15.6. The van der Waals surface area contributed by atoms with E-state index in [0.717, 1.165) is 11.3 Å². The molecule has 3 N–H and O–H groups in total. The number of halogens is 3. The van der Waals surface area contributed by atoms with Gasteiger partial charge in [0.15, 0.2) is 0 Å². The molecule has 24 heavy (non-hydrogen) atoms. The van der Waals surface area contributed by atoms with Gasteiger partial charge in [0.25, 0.3) is 0 Å². The number of carbonyl (C=O) groups is 1. The molecule has 2 aromatic rings. The number of nitrogens with one attached hydrogen (secondary N) is 1. The number of carbonyl (C=O) groups excluding carboxylic acids is 1. The predicted octanol–water partition coefficient (Wildman–Crippen LogP) is 2.77. The van der Waals surface area contributed by atoms with E-state index in [-0.39, 0.29) is 10.0 Å². The maximum absolute atomic E-state index is 11.5. The van der Waals surface area contributed by atoms with E-state index in [1.165, 1.54) is 24.3 Å². The van der Waals surface area contributed by atoms with Gasteiger partial charge in [0.2, 0.25) is 18.9 Å². The first-order chi connectivity index (χ1) is 11.0. The van der Waals surface area contributed by atoms with Crippen molar-refractivity contribution in [3.8, 4) is 10.6 Å². The third kappa shape index (κ3) is 5.72. The molecule has 0 aliphatic carbocycles. The molecule has 0 bridgehead atoms. The summed E-state index contributed by atoms with van der Waals surface area (Å²) in [6.45, 7) is -0.426. The Bertz CT molecular complexity index is 834. The molecule has 0 radical (unpaired) electrons. The molecular formula is C11H9Cl3N4O4S2. The van der Waals surface area contributed by atoms with E-state index in [2.05, 4.69) is 15.5 Å². The van der Waals surface area contributed by atoms with Crippen LogP contribution in [0.1, 0.15) is 0 Å². The molecule has 130 valence electrons. The Morgan fingerprint density at radius 1 is 1.25 bits per heavy atom. The summed E-state index contributed by atoms with van der Waals surface area (Å²) in [7, 11) is -3.77. The summed E-state index contributed by atoms with van der Waals surface area (Å²) >= 11 is 17.4. The van der Waals surface area contributed by atoms with Gasteiger partial charge in [0.1, 0.15) is 11.6 Å². The number of amides is 1. The summed E-state index contributed by atoms with van der Waals surface area (Å²) in [6.07, 6.45) is -0.853. The van der Waals surface area contributed by atoms with E-state index in [0.29, 0.717) is 10.6 Å². The maximum atomic E-state index is 11.5. The molecule has 1 aromatic carbocycles. The molecule has 2 rings (SSSR count). The molecule has 0 unspecified atom stereocenters. The fourth-order valence-electron chi connectivity index (χ4n) is 1.45. The molecule has 0 saturated heterocycles. The lowest BCUT2D eigenvalue weighted by Crippen LogP contribution is -2.21. The number of nitrogens with zero attached hydrogens (tertiary/aromatic N) is 2. The van der Waals surface area contributed by atoms with Gasteiger partial charge >= 0.3 is 6.09 Å². The number of aromatic nitrogens is 2. The Morgan fingerprint density at radius 3 is 2.42 bits per heavy atom. The van der Waals surface area contributed by atoms with Crippen LogP contribution in [0.4, 0.5) is 9.93 Å². The van der Waals surface area contributed by atoms with Gasteiger partial charge in [-0.15, -0.1) is 10.2 Å². The largest absolute Gasteiger partial charge is 0.445 e. The van der Waals surface area contributed by atoms with Gasteiger partial charge in [-0.1, -0.05) is 58.3 Å². The van der Waals surface area contributed by atoms with Crippen LogP contribution in [0, 0.1) is 0 Å². The summed E-state index contributed by atoms with van der Waals surface area (Å²) in [5.41, 5.74) is 0.600. The lowest BCUT2D eigenvalue weighted by Gasteiger charge is -2.10. The Kier molecular flexibility index (Phi) is 5.89. The third-order valence-electron chi connectivity index (χ3n) is 2.43. The van der Waals surface area contributed by atoms with E-state index in [1.807, 2.05) is 0 Å². The molecule has 1 amide bonds. The SMILES string of the molecule is NS(=O)(=O)c1ccc(-c2nnc(NC(=O)OCC(Cl)(Cl)Cl)s2)cc1. The van der Waals surface area contributed by atoms with Crippen molar-refractivity contribution in [2.45, 2.75) is 8.69 Å². The zero-order chi connectivity index (χ0) is 18.0. The first-order valence-corrected chi connectivity index (χ1v) is 9.51. The first-order valence-electron chi connectivity index (χ1n) is 6.02. The smallest absolute Gasteiger partial charge is 0.413 e. The second-order valence-corrected chi connectivity index (χ2v) is 9.35. The Morgan fingerprint density at radius 2 is 1.88 bits per heavy atom. The molecular weight excluding hydrogens is 423 g/mol. The van der Waals surface area contributed by atoms with Gasteiger partial charge in [-0.3, -0.25) is 5.32 Å². The van der Waals surface area contributed by atoms with Crippen molar-refractivity contribution in [2.75, 3.05) is 11.9 Å². The molecule has 0 aliphatic rings. The van der Waals surface area contributed by atoms with Crippen molar-refractivity contribution in [3.63, 3.8) is 0 Å². The van der Waals surface area contributed by atoms with Crippen LogP contribution < -0.4 is 10.5 Å². The third-order valence-corrected chi connectivity index (χ3v) is 4.58. The topological polar surface area (TPSA) is 124 Å². The van der Waals surface area contributed by atoms with Crippen LogP contribution in [-0.2, 0) is 14.8 Å². The quantitative estimate of drug-likeness (QED) is 0.717. The van der Waals surface area contributed by atoms with Crippen LogP contribution in [0.25, 0.3) is 10.6 Å². The molecule has 0 fully saturated rings. The van der Waals surface area contributed by atoms with Crippen molar-refractivity contribution in [3.05, 3.63) is 24.3 Å². The summed E-state index contributed by atoms with van der Waals surface area (Å²) in [4.78, 5) is 11.5. The Balaban J connectivity index is 2.04. The van der Waals surface area contributed by atoms with Gasteiger partial charge < -0.3 is 4.74 Å². The number of rotatable bonds is 4. The molecule has 1 aromatic heterocycles. The number of nitrogens with two attached hydrogens (primary N) is 1.